The Kier molecular flexibility index (Phi) is 8.54. The Labute approximate surface area is 217 Å². The lowest BCUT2D eigenvalue weighted by atomic mass is 9.70. The molecule has 0 aromatic carbocycles. The summed E-state index contributed by atoms with van der Waals surface area (Å²) in [5.74, 6) is -1.90. The van der Waals surface area contributed by atoms with E-state index in [0.29, 0.717) is 38.9 Å². The lowest BCUT2D eigenvalue weighted by Gasteiger charge is -2.42. The number of aliphatic hydroxyl groups excluding tert-OH is 1. The number of fused-ring (bicyclic) bond motifs is 1. The molecule has 6 atom stereocenters. The fraction of sp³-hybridized carbons (Fsp3) is 0.731. The number of amides is 3. The largest absolute Gasteiger partial charge is 0.396 e. The number of rotatable bonds is 11. The quantitative estimate of drug-likeness (QED) is 0.241. The lowest BCUT2D eigenvalue weighted by Crippen LogP contribution is -2.60. The van der Waals surface area contributed by atoms with Crippen molar-refractivity contribution >= 4 is 33.7 Å². The SMILES string of the molecule is C=CCN(C)C(=O)[C@H]1[C@H]2C(=O)N(CCCCCO)C(C(=O)N(CC=C)C(C)(C)C)C23CC(Br)[C@@H]1O3. The van der Waals surface area contributed by atoms with Gasteiger partial charge in [0, 0.05) is 43.7 Å². The fourth-order valence-electron chi connectivity index (χ4n) is 6.01. The highest BCUT2D eigenvalue weighted by Crippen LogP contribution is 2.60. The van der Waals surface area contributed by atoms with Gasteiger partial charge in [-0.05, 0) is 46.5 Å². The average Bonchev–Trinajstić information content (AvgIpc) is 3.37. The summed E-state index contributed by atoms with van der Waals surface area (Å²) >= 11 is 3.71. The van der Waals surface area contributed by atoms with Crippen molar-refractivity contribution in [3.05, 3.63) is 25.3 Å². The van der Waals surface area contributed by atoms with Gasteiger partial charge in [-0.1, -0.05) is 28.1 Å². The Bertz CT molecular complexity index is 858. The predicted octanol–water partition coefficient (Wildman–Crippen LogP) is 2.35. The van der Waals surface area contributed by atoms with Gasteiger partial charge in [0.2, 0.25) is 17.7 Å². The van der Waals surface area contributed by atoms with E-state index in [-0.39, 0.29) is 29.2 Å². The Morgan fingerprint density at radius 2 is 1.86 bits per heavy atom. The average molecular weight is 555 g/mol. The molecule has 1 spiro atoms. The van der Waals surface area contributed by atoms with Crippen LogP contribution in [0.5, 0.6) is 0 Å². The fourth-order valence-corrected chi connectivity index (χ4v) is 6.95. The number of halogens is 1. The molecule has 8 nitrogen and oxygen atoms in total. The first-order valence-corrected chi connectivity index (χ1v) is 13.4. The van der Waals surface area contributed by atoms with E-state index in [4.69, 9.17) is 4.74 Å². The summed E-state index contributed by atoms with van der Waals surface area (Å²) in [7, 11) is 1.70. The van der Waals surface area contributed by atoms with Crippen molar-refractivity contribution in [3.8, 4) is 0 Å². The first kappa shape index (κ1) is 27.9. The van der Waals surface area contributed by atoms with E-state index in [9.17, 15) is 19.5 Å². The van der Waals surface area contributed by atoms with E-state index in [1.807, 2.05) is 20.8 Å². The number of aliphatic hydroxyl groups is 1. The molecule has 3 fully saturated rings. The van der Waals surface area contributed by atoms with Gasteiger partial charge in [-0.2, -0.15) is 0 Å². The highest BCUT2D eigenvalue weighted by Gasteiger charge is 2.76. The van der Waals surface area contributed by atoms with Crippen molar-refractivity contribution in [2.24, 2.45) is 11.8 Å². The monoisotopic (exact) mass is 553 g/mol. The molecule has 3 aliphatic heterocycles. The zero-order valence-electron chi connectivity index (χ0n) is 21.4. The molecule has 196 valence electrons. The van der Waals surface area contributed by atoms with Gasteiger partial charge in [0.15, 0.2) is 0 Å². The molecule has 9 heteroatoms. The maximum atomic E-state index is 14.2. The molecule has 0 aromatic rings. The number of ether oxygens (including phenoxy) is 1. The molecule has 3 rings (SSSR count). The van der Waals surface area contributed by atoms with Crippen LogP contribution in [0.2, 0.25) is 0 Å². The van der Waals surface area contributed by atoms with Crippen molar-refractivity contribution in [1.82, 2.24) is 14.7 Å². The second-order valence-electron chi connectivity index (χ2n) is 10.9. The minimum atomic E-state index is -1.07. The number of alkyl halides is 1. The normalized spacial score (nSPS) is 31.4. The van der Waals surface area contributed by atoms with Crippen molar-refractivity contribution in [2.75, 3.05) is 33.3 Å². The maximum absolute atomic E-state index is 14.2. The van der Waals surface area contributed by atoms with Gasteiger partial charge in [-0.15, -0.1) is 13.2 Å². The predicted molar refractivity (Wildman–Crippen MR) is 138 cm³/mol. The number of nitrogens with zero attached hydrogens (tertiary/aromatic N) is 3. The van der Waals surface area contributed by atoms with Crippen molar-refractivity contribution in [3.63, 3.8) is 0 Å². The van der Waals surface area contributed by atoms with E-state index >= 15 is 0 Å². The van der Waals surface area contributed by atoms with E-state index in [1.54, 1.807) is 33.9 Å². The summed E-state index contributed by atoms with van der Waals surface area (Å²) in [5.41, 5.74) is -1.56. The van der Waals surface area contributed by atoms with Crippen LogP contribution in [-0.2, 0) is 19.1 Å². The Morgan fingerprint density at radius 3 is 2.43 bits per heavy atom. The molecule has 0 aliphatic carbocycles. The lowest BCUT2D eigenvalue weighted by molar-refractivity contribution is -0.151. The highest BCUT2D eigenvalue weighted by molar-refractivity contribution is 9.09. The topological polar surface area (TPSA) is 90.4 Å². The van der Waals surface area contributed by atoms with Crippen LogP contribution in [0.15, 0.2) is 25.3 Å². The minimum absolute atomic E-state index is 0.0856. The molecule has 3 saturated heterocycles. The molecule has 3 aliphatic rings. The summed E-state index contributed by atoms with van der Waals surface area (Å²) in [4.78, 5) is 46.5. The van der Waals surface area contributed by atoms with Gasteiger partial charge in [0.05, 0.1) is 17.9 Å². The van der Waals surface area contributed by atoms with Gasteiger partial charge in [-0.3, -0.25) is 14.4 Å². The molecule has 0 saturated carbocycles. The molecular weight excluding hydrogens is 514 g/mol. The number of hydrogen-bond acceptors (Lipinski definition) is 5. The van der Waals surface area contributed by atoms with E-state index in [1.165, 1.54) is 0 Å². The van der Waals surface area contributed by atoms with Crippen LogP contribution in [0.25, 0.3) is 0 Å². The number of likely N-dealkylation sites (tertiary alicyclic amines) is 1. The number of likely N-dealkylation sites (N-methyl/N-ethyl adjacent to an activating group) is 1. The number of carbonyl (C=O) groups is 3. The first-order valence-electron chi connectivity index (χ1n) is 12.5. The van der Waals surface area contributed by atoms with Gasteiger partial charge in [0.25, 0.3) is 0 Å². The minimum Gasteiger partial charge on any atom is -0.396 e. The third kappa shape index (κ3) is 4.83. The van der Waals surface area contributed by atoms with Crippen LogP contribution in [0.4, 0.5) is 0 Å². The Balaban J connectivity index is 2.05. The zero-order chi connectivity index (χ0) is 26.1. The van der Waals surface area contributed by atoms with E-state index < -0.39 is 35.1 Å². The number of hydrogen-bond donors (Lipinski definition) is 1. The van der Waals surface area contributed by atoms with Gasteiger partial charge < -0.3 is 24.5 Å². The van der Waals surface area contributed by atoms with Crippen molar-refractivity contribution < 1.29 is 24.2 Å². The first-order chi connectivity index (χ1) is 16.5. The zero-order valence-corrected chi connectivity index (χ0v) is 23.0. The second-order valence-corrected chi connectivity index (χ2v) is 12.1. The van der Waals surface area contributed by atoms with E-state index in [0.717, 1.165) is 6.42 Å². The molecule has 3 amide bonds. The summed E-state index contributed by atoms with van der Waals surface area (Å²) in [6.07, 6.45) is 5.39. The van der Waals surface area contributed by atoms with Crippen molar-refractivity contribution in [2.45, 2.75) is 74.6 Å². The highest BCUT2D eigenvalue weighted by atomic mass is 79.9. The molecule has 3 heterocycles. The summed E-state index contributed by atoms with van der Waals surface area (Å²) < 4.78 is 6.57. The number of carbonyl (C=O) groups excluding carboxylic acids is 3. The molecule has 1 N–H and O–H groups in total. The van der Waals surface area contributed by atoms with Crippen LogP contribution in [-0.4, -0.2) is 98.9 Å². The van der Waals surface area contributed by atoms with Crippen molar-refractivity contribution in [1.29, 1.82) is 0 Å². The van der Waals surface area contributed by atoms with E-state index in [2.05, 4.69) is 29.1 Å². The Hall–Kier alpha value is -1.71. The van der Waals surface area contributed by atoms with Crippen LogP contribution in [0, 0.1) is 11.8 Å². The standard InChI is InChI=1S/C26H40BrN3O5/c1-7-12-28(6)22(32)18-19-23(33)29(14-10-9-11-15-31)21(26(19)16-17(27)20(18)35-26)24(34)30(13-8-2)25(3,4)5/h7-8,17-21,31H,1-2,9-16H2,3-6H3/t17?,18-,19-,20-,21?,26?/m0/s1. The molecular formula is C26H40BrN3O5. The molecule has 2 bridgehead atoms. The van der Waals surface area contributed by atoms with Gasteiger partial charge in [0.1, 0.15) is 11.6 Å². The van der Waals surface area contributed by atoms with Crippen LogP contribution in [0.1, 0.15) is 46.5 Å². The Morgan fingerprint density at radius 1 is 1.20 bits per heavy atom. The second kappa shape index (κ2) is 10.7. The smallest absolute Gasteiger partial charge is 0.249 e. The van der Waals surface area contributed by atoms with Gasteiger partial charge in [-0.25, -0.2) is 0 Å². The third-order valence-electron chi connectivity index (χ3n) is 7.53. The molecule has 0 aromatic heterocycles. The van der Waals surface area contributed by atoms with Crippen LogP contribution >= 0.6 is 15.9 Å². The summed E-state index contributed by atoms with van der Waals surface area (Å²) in [6, 6.07) is -0.819. The summed E-state index contributed by atoms with van der Waals surface area (Å²) in [6.45, 7) is 14.6. The molecule has 35 heavy (non-hydrogen) atoms. The molecule has 0 radical (unpaired) electrons. The van der Waals surface area contributed by atoms with Gasteiger partial charge >= 0.3 is 0 Å². The third-order valence-corrected chi connectivity index (χ3v) is 8.38. The summed E-state index contributed by atoms with van der Waals surface area (Å²) in [5, 5.41) is 9.18. The maximum Gasteiger partial charge on any atom is 0.249 e. The van der Waals surface area contributed by atoms with Crippen LogP contribution in [0.3, 0.4) is 0 Å². The molecule has 3 unspecified atom stereocenters. The van der Waals surface area contributed by atoms with Crippen LogP contribution < -0.4 is 0 Å². The number of unbranched alkanes of at least 4 members (excludes halogenated alkanes) is 2.